The van der Waals surface area contributed by atoms with E-state index in [0.29, 0.717) is 30.2 Å². The molecule has 4 N–H and O–H groups in total. The summed E-state index contributed by atoms with van der Waals surface area (Å²) in [4.78, 5) is 24.0. The second-order valence-corrected chi connectivity index (χ2v) is 5.70. The number of carbonyl (C=O) groups excluding carboxylic acids is 2. The molecule has 0 aromatic heterocycles. The lowest BCUT2D eigenvalue weighted by Gasteiger charge is -2.13. The van der Waals surface area contributed by atoms with Gasteiger partial charge in [0.15, 0.2) is 0 Å². The van der Waals surface area contributed by atoms with Crippen molar-refractivity contribution >= 4 is 29.1 Å². The van der Waals surface area contributed by atoms with Crippen molar-refractivity contribution in [2.45, 2.75) is 13.3 Å². The van der Waals surface area contributed by atoms with Crippen LogP contribution in [-0.2, 0) is 4.74 Å². The lowest BCUT2D eigenvalue weighted by Crippen LogP contribution is -2.30. The molecule has 0 unspecified atom stereocenters. The fourth-order valence-electron chi connectivity index (χ4n) is 2.23. The van der Waals surface area contributed by atoms with Crippen LogP contribution in [0.1, 0.15) is 12.0 Å². The first-order valence-electron chi connectivity index (χ1n) is 8.36. The standard InChI is InChI=1S/C19H24N4O3/c1-14-9-10-16(22-19(25)21-15-7-4-3-5-8-15)13-17(14)23-18(24)20-11-6-12-26-2/h3-5,7-10,13H,6,11-12H2,1-2H3,(H2,20,23,24)(H2,21,22,25). The molecule has 26 heavy (non-hydrogen) atoms. The summed E-state index contributed by atoms with van der Waals surface area (Å²) in [6.07, 6.45) is 0.740. The Kier molecular flexibility index (Phi) is 7.45. The number of urea groups is 2. The van der Waals surface area contributed by atoms with Crippen LogP contribution in [0.4, 0.5) is 26.7 Å². The molecule has 0 aliphatic rings. The second kappa shape index (κ2) is 10.0. The Balaban J connectivity index is 1.91. The highest BCUT2D eigenvalue weighted by Gasteiger charge is 2.07. The number of methoxy groups -OCH3 is 1. The van der Waals surface area contributed by atoms with E-state index in [1.165, 1.54) is 0 Å². The average Bonchev–Trinajstić information content (AvgIpc) is 2.62. The number of para-hydroxylation sites is 1. The number of rotatable bonds is 7. The van der Waals surface area contributed by atoms with Crippen LogP contribution in [0.5, 0.6) is 0 Å². The van der Waals surface area contributed by atoms with Crippen LogP contribution in [0.3, 0.4) is 0 Å². The van der Waals surface area contributed by atoms with Crippen LogP contribution in [0, 0.1) is 6.92 Å². The topological polar surface area (TPSA) is 91.5 Å². The van der Waals surface area contributed by atoms with E-state index >= 15 is 0 Å². The summed E-state index contributed by atoms with van der Waals surface area (Å²) in [6, 6.07) is 13.8. The van der Waals surface area contributed by atoms with E-state index in [4.69, 9.17) is 4.74 Å². The number of nitrogens with one attached hydrogen (secondary N) is 4. The van der Waals surface area contributed by atoms with Gasteiger partial charge in [-0.15, -0.1) is 0 Å². The third kappa shape index (κ3) is 6.45. The predicted octanol–water partition coefficient (Wildman–Crippen LogP) is 3.80. The number of hydrogen-bond donors (Lipinski definition) is 4. The van der Waals surface area contributed by atoms with Gasteiger partial charge < -0.3 is 26.0 Å². The predicted molar refractivity (Wildman–Crippen MR) is 104 cm³/mol. The van der Waals surface area contributed by atoms with Crippen molar-refractivity contribution < 1.29 is 14.3 Å². The molecular weight excluding hydrogens is 332 g/mol. The molecular formula is C19H24N4O3. The van der Waals surface area contributed by atoms with Gasteiger partial charge in [-0.2, -0.15) is 0 Å². The zero-order valence-corrected chi connectivity index (χ0v) is 15.0. The highest BCUT2D eigenvalue weighted by Crippen LogP contribution is 2.20. The second-order valence-electron chi connectivity index (χ2n) is 5.70. The SMILES string of the molecule is COCCCNC(=O)Nc1cc(NC(=O)Nc2ccccc2)ccc1C. The lowest BCUT2D eigenvalue weighted by molar-refractivity contribution is 0.194. The largest absolute Gasteiger partial charge is 0.385 e. The van der Waals surface area contributed by atoms with Crippen LogP contribution in [0.2, 0.25) is 0 Å². The van der Waals surface area contributed by atoms with Crippen LogP contribution in [0.15, 0.2) is 48.5 Å². The Labute approximate surface area is 153 Å². The number of ether oxygens (including phenoxy) is 1. The molecule has 7 nitrogen and oxygen atoms in total. The third-order valence-corrected chi connectivity index (χ3v) is 3.59. The van der Waals surface area contributed by atoms with Gasteiger partial charge in [-0.25, -0.2) is 9.59 Å². The Morgan fingerprint density at radius 3 is 2.38 bits per heavy atom. The van der Waals surface area contributed by atoms with Crippen LogP contribution in [-0.4, -0.2) is 32.3 Å². The van der Waals surface area contributed by atoms with E-state index in [9.17, 15) is 9.59 Å². The van der Waals surface area contributed by atoms with Crippen molar-refractivity contribution in [3.8, 4) is 0 Å². The van der Waals surface area contributed by atoms with Crippen LogP contribution >= 0.6 is 0 Å². The van der Waals surface area contributed by atoms with Crippen molar-refractivity contribution in [2.75, 3.05) is 36.2 Å². The lowest BCUT2D eigenvalue weighted by atomic mass is 10.2. The van der Waals surface area contributed by atoms with Gasteiger partial charge in [0, 0.05) is 37.3 Å². The number of hydrogen-bond acceptors (Lipinski definition) is 3. The molecule has 7 heteroatoms. The quantitative estimate of drug-likeness (QED) is 0.569. The van der Waals surface area contributed by atoms with Crippen molar-refractivity contribution in [3.05, 3.63) is 54.1 Å². The summed E-state index contributed by atoms with van der Waals surface area (Å²) in [7, 11) is 1.62. The Hall–Kier alpha value is -3.06. The number of benzene rings is 2. The molecule has 0 aliphatic carbocycles. The first-order valence-corrected chi connectivity index (χ1v) is 8.36. The molecule has 0 heterocycles. The van der Waals surface area contributed by atoms with Crippen molar-refractivity contribution in [3.63, 3.8) is 0 Å². The van der Waals surface area contributed by atoms with Crippen molar-refractivity contribution in [1.29, 1.82) is 0 Å². The molecule has 0 atom stereocenters. The summed E-state index contributed by atoms with van der Waals surface area (Å²) in [5.41, 5.74) is 2.81. The summed E-state index contributed by atoms with van der Waals surface area (Å²) in [5.74, 6) is 0. The highest BCUT2D eigenvalue weighted by molar-refractivity contribution is 6.00. The molecule has 0 aliphatic heterocycles. The van der Waals surface area contributed by atoms with Gasteiger partial charge in [-0.3, -0.25) is 0 Å². The molecule has 0 radical (unpaired) electrons. The van der Waals surface area contributed by atoms with E-state index in [2.05, 4.69) is 21.3 Å². The van der Waals surface area contributed by atoms with E-state index in [-0.39, 0.29) is 12.1 Å². The normalized spacial score (nSPS) is 10.1. The van der Waals surface area contributed by atoms with E-state index in [0.717, 1.165) is 12.0 Å². The van der Waals surface area contributed by atoms with Crippen molar-refractivity contribution in [1.82, 2.24) is 5.32 Å². The first-order chi connectivity index (χ1) is 12.6. The Bertz CT molecular complexity index is 735. The number of amides is 4. The maximum Gasteiger partial charge on any atom is 0.323 e. The molecule has 2 aromatic carbocycles. The minimum Gasteiger partial charge on any atom is -0.385 e. The molecule has 138 valence electrons. The maximum atomic E-state index is 12.1. The molecule has 2 rings (SSSR count). The molecule has 0 bridgehead atoms. The van der Waals surface area contributed by atoms with E-state index in [1.54, 1.807) is 31.4 Å². The maximum absolute atomic E-state index is 12.1. The summed E-state index contributed by atoms with van der Waals surface area (Å²) >= 11 is 0. The number of aryl methyl sites for hydroxylation is 1. The fraction of sp³-hybridized carbons (Fsp3) is 0.263. The highest BCUT2D eigenvalue weighted by atomic mass is 16.5. The van der Waals surface area contributed by atoms with Gasteiger partial charge in [0.05, 0.1) is 0 Å². The van der Waals surface area contributed by atoms with Gasteiger partial charge in [0.2, 0.25) is 0 Å². The Morgan fingerprint density at radius 2 is 1.65 bits per heavy atom. The van der Waals surface area contributed by atoms with Gasteiger partial charge >= 0.3 is 12.1 Å². The zero-order valence-electron chi connectivity index (χ0n) is 15.0. The molecule has 4 amide bonds. The molecule has 0 saturated carbocycles. The number of anilines is 3. The van der Waals surface area contributed by atoms with Gasteiger partial charge in [0.1, 0.15) is 0 Å². The molecule has 0 fully saturated rings. The van der Waals surface area contributed by atoms with Gasteiger partial charge in [0.25, 0.3) is 0 Å². The molecule has 0 saturated heterocycles. The average molecular weight is 356 g/mol. The summed E-state index contributed by atoms with van der Waals surface area (Å²) in [5, 5.41) is 11.0. The third-order valence-electron chi connectivity index (χ3n) is 3.59. The summed E-state index contributed by atoms with van der Waals surface area (Å²) in [6.45, 7) is 3.00. The monoisotopic (exact) mass is 356 g/mol. The van der Waals surface area contributed by atoms with Crippen molar-refractivity contribution in [2.24, 2.45) is 0 Å². The summed E-state index contributed by atoms with van der Waals surface area (Å²) < 4.78 is 4.94. The minimum atomic E-state index is -0.352. The van der Waals surface area contributed by atoms with E-state index < -0.39 is 0 Å². The molecule has 0 spiro atoms. The smallest absolute Gasteiger partial charge is 0.323 e. The van der Waals surface area contributed by atoms with Gasteiger partial charge in [-0.1, -0.05) is 24.3 Å². The van der Waals surface area contributed by atoms with E-state index in [1.807, 2.05) is 31.2 Å². The van der Waals surface area contributed by atoms with Crippen LogP contribution in [0.25, 0.3) is 0 Å². The van der Waals surface area contributed by atoms with Crippen LogP contribution < -0.4 is 21.3 Å². The fourth-order valence-corrected chi connectivity index (χ4v) is 2.23. The Morgan fingerprint density at radius 1 is 0.923 bits per heavy atom. The zero-order chi connectivity index (χ0) is 18.8. The van der Waals surface area contributed by atoms with Gasteiger partial charge in [-0.05, 0) is 43.2 Å². The number of carbonyl (C=O) groups is 2. The minimum absolute atomic E-state index is 0.296. The first kappa shape index (κ1) is 19.3. The molecule has 2 aromatic rings.